The molecule has 0 unspecified atom stereocenters. The van der Waals surface area contributed by atoms with Gasteiger partial charge in [0.2, 0.25) is 0 Å². The summed E-state index contributed by atoms with van der Waals surface area (Å²) >= 11 is 0. The van der Waals surface area contributed by atoms with Crippen molar-refractivity contribution in [2.24, 2.45) is 0 Å². The normalized spacial score (nSPS) is 10.7. The predicted molar refractivity (Wildman–Crippen MR) is 109 cm³/mol. The molecule has 2 aromatic carbocycles. The van der Waals surface area contributed by atoms with Crippen LogP contribution in [0.25, 0.3) is 34.0 Å². The summed E-state index contributed by atoms with van der Waals surface area (Å²) in [5.41, 5.74) is 1.09. The fraction of sp³-hybridized carbons (Fsp3) is 0.0870. The molecule has 7 heteroatoms. The lowest BCUT2D eigenvalue weighted by molar-refractivity contribution is 0.0527. The van der Waals surface area contributed by atoms with Gasteiger partial charge in [0.25, 0.3) is 0 Å². The van der Waals surface area contributed by atoms with E-state index < -0.39 is 11.7 Å². The number of nitrogens with one attached hydrogen (secondary N) is 1. The fourth-order valence-corrected chi connectivity index (χ4v) is 3.11. The number of ether oxygens (including phenoxy) is 1. The van der Waals surface area contributed by atoms with Crippen molar-refractivity contribution in [1.82, 2.24) is 9.97 Å². The summed E-state index contributed by atoms with van der Waals surface area (Å²) in [6.45, 7) is 1.85. The molecule has 0 aliphatic rings. The lowest BCUT2D eigenvalue weighted by Gasteiger charge is -2.11. The van der Waals surface area contributed by atoms with Gasteiger partial charge in [0.1, 0.15) is 22.8 Å². The van der Waals surface area contributed by atoms with Gasteiger partial charge in [-0.05, 0) is 43.3 Å². The smallest absolute Gasteiger partial charge is 0.346 e. The van der Waals surface area contributed by atoms with Gasteiger partial charge in [-0.2, -0.15) is 4.98 Å². The number of carbonyl (C=O) groups is 1. The molecule has 0 aliphatic carbocycles. The second-order valence-corrected chi connectivity index (χ2v) is 6.40. The van der Waals surface area contributed by atoms with Gasteiger partial charge in [-0.1, -0.05) is 30.3 Å². The summed E-state index contributed by atoms with van der Waals surface area (Å²) in [5, 5.41) is 0. The highest BCUT2D eigenvalue weighted by Crippen LogP contribution is 2.32. The molecule has 4 rings (SSSR count). The summed E-state index contributed by atoms with van der Waals surface area (Å²) in [7, 11) is 0. The third-order valence-electron chi connectivity index (χ3n) is 4.44. The molecule has 0 saturated heterocycles. The maximum atomic E-state index is 13.2. The first-order chi connectivity index (χ1) is 14.6. The van der Waals surface area contributed by atoms with Gasteiger partial charge >= 0.3 is 11.7 Å². The third-order valence-corrected chi connectivity index (χ3v) is 4.44. The number of esters is 1. The van der Waals surface area contributed by atoms with Crippen LogP contribution in [0.3, 0.4) is 0 Å². The Kier molecular flexibility index (Phi) is 5.26. The van der Waals surface area contributed by atoms with Crippen molar-refractivity contribution >= 4 is 5.97 Å². The average molecular weight is 404 g/mol. The minimum absolute atomic E-state index is 0.0997. The molecule has 0 aliphatic heterocycles. The lowest BCUT2D eigenvalue weighted by Crippen LogP contribution is -2.19. The first kappa shape index (κ1) is 19.3. The van der Waals surface area contributed by atoms with Gasteiger partial charge in [-0.15, -0.1) is 0 Å². The Morgan fingerprint density at radius 2 is 1.70 bits per heavy atom. The van der Waals surface area contributed by atoms with E-state index >= 15 is 0 Å². The van der Waals surface area contributed by atoms with Crippen LogP contribution < -0.4 is 5.69 Å². The van der Waals surface area contributed by atoms with Gasteiger partial charge < -0.3 is 14.1 Å². The second kappa shape index (κ2) is 8.16. The molecule has 0 atom stereocenters. The van der Waals surface area contributed by atoms with Gasteiger partial charge in [-0.3, -0.25) is 0 Å². The van der Waals surface area contributed by atoms with Crippen molar-refractivity contribution in [1.29, 1.82) is 0 Å². The van der Waals surface area contributed by atoms with E-state index in [0.717, 1.165) is 0 Å². The van der Waals surface area contributed by atoms with E-state index in [1.54, 1.807) is 55.5 Å². The van der Waals surface area contributed by atoms with Crippen molar-refractivity contribution in [3.8, 4) is 34.0 Å². The number of H-pyrrole nitrogens is 1. The Morgan fingerprint density at radius 3 is 2.40 bits per heavy atom. The molecule has 2 aromatic heterocycles. The highest BCUT2D eigenvalue weighted by molar-refractivity contribution is 6.01. The number of carbonyl (C=O) groups excluding carboxylic acids is 1. The summed E-state index contributed by atoms with van der Waals surface area (Å²) in [5.74, 6) is -0.274. The van der Waals surface area contributed by atoms with Gasteiger partial charge in [0.05, 0.1) is 12.3 Å². The van der Waals surface area contributed by atoms with Crippen LogP contribution >= 0.6 is 0 Å². The zero-order valence-electron chi connectivity index (χ0n) is 16.0. The molecule has 1 N–H and O–H groups in total. The molecule has 6 nitrogen and oxygen atoms in total. The maximum absolute atomic E-state index is 13.2. The standard InChI is InChI=1S/C23H17FN2O4/c1-2-29-22(27)19-20(15-6-4-3-5-7-15)25-23(28)26-21(19)18-13-12-17(30-18)14-8-10-16(24)11-9-14/h3-13H,2H2,1H3,(H,25,26,28). The molecule has 0 radical (unpaired) electrons. The van der Waals surface area contributed by atoms with E-state index in [-0.39, 0.29) is 35.1 Å². The number of aromatic nitrogens is 2. The average Bonchev–Trinajstić information content (AvgIpc) is 3.24. The molecule has 0 fully saturated rings. The predicted octanol–water partition coefficient (Wildman–Crippen LogP) is 4.68. The van der Waals surface area contributed by atoms with Crippen molar-refractivity contribution < 1.29 is 18.3 Å². The highest BCUT2D eigenvalue weighted by Gasteiger charge is 2.25. The monoisotopic (exact) mass is 404 g/mol. The summed E-state index contributed by atoms with van der Waals surface area (Å²) in [6, 6.07) is 18.0. The van der Waals surface area contributed by atoms with E-state index in [1.165, 1.54) is 12.1 Å². The number of furan rings is 1. The Bertz CT molecular complexity index is 1240. The first-order valence-electron chi connectivity index (χ1n) is 9.30. The fourth-order valence-electron chi connectivity index (χ4n) is 3.11. The Hall–Kier alpha value is -4.00. The van der Waals surface area contributed by atoms with E-state index in [2.05, 4.69) is 9.97 Å². The number of aromatic amines is 1. The molecule has 150 valence electrons. The van der Waals surface area contributed by atoms with Gasteiger partial charge in [-0.25, -0.2) is 14.0 Å². The van der Waals surface area contributed by atoms with E-state index in [9.17, 15) is 14.0 Å². The van der Waals surface area contributed by atoms with Crippen LogP contribution in [0.1, 0.15) is 17.3 Å². The Labute approximate surface area is 171 Å². The van der Waals surface area contributed by atoms with Crippen LogP contribution in [-0.4, -0.2) is 22.5 Å². The van der Waals surface area contributed by atoms with Gasteiger partial charge in [0, 0.05) is 11.1 Å². The number of halogens is 1. The number of hydrogen-bond donors (Lipinski definition) is 1. The van der Waals surface area contributed by atoms with Crippen molar-refractivity contribution in [3.63, 3.8) is 0 Å². The third kappa shape index (κ3) is 3.77. The molecule has 0 spiro atoms. The number of rotatable bonds is 5. The van der Waals surface area contributed by atoms with Crippen molar-refractivity contribution in [2.45, 2.75) is 6.92 Å². The second-order valence-electron chi connectivity index (χ2n) is 6.40. The molecule has 0 bridgehead atoms. The van der Waals surface area contributed by atoms with E-state index in [0.29, 0.717) is 16.9 Å². The van der Waals surface area contributed by atoms with Crippen LogP contribution in [0.5, 0.6) is 0 Å². The maximum Gasteiger partial charge on any atom is 0.346 e. The molecule has 30 heavy (non-hydrogen) atoms. The van der Waals surface area contributed by atoms with E-state index in [4.69, 9.17) is 9.15 Å². The Balaban J connectivity index is 1.89. The topological polar surface area (TPSA) is 85.2 Å². The first-order valence-corrected chi connectivity index (χ1v) is 9.30. The van der Waals surface area contributed by atoms with Crippen LogP contribution in [0.4, 0.5) is 4.39 Å². The van der Waals surface area contributed by atoms with E-state index in [1.807, 2.05) is 6.07 Å². The zero-order valence-corrected chi connectivity index (χ0v) is 16.0. The SMILES string of the molecule is CCOC(=O)c1c(-c2ccccc2)nc(=O)[nH]c1-c1ccc(-c2ccc(F)cc2)o1. The van der Waals surface area contributed by atoms with Crippen molar-refractivity contribution in [3.05, 3.63) is 88.6 Å². The molecule has 0 amide bonds. The minimum Gasteiger partial charge on any atom is -0.462 e. The minimum atomic E-state index is -0.630. The van der Waals surface area contributed by atoms with Crippen LogP contribution in [0, 0.1) is 5.82 Å². The molecular formula is C23H17FN2O4. The lowest BCUT2D eigenvalue weighted by atomic mass is 10.0. The molecule has 4 aromatic rings. The number of benzene rings is 2. The quantitative estimate of drug-likeness (QED) is 0.488. The van der Waals surface area contributed by atoms with Crippen molar-refractivity contribution in [2.75, 3.05) is 6.61 Å². The Morgan fingerprint density at radius 1 is 1.00 bits per heavy atom. The van der Waals surface area contributed by atoms with Crippen LogP contribution in [-0.2, 0) is 4.74 Å². The number of hydrogen-bond acceptors (Lipinski definition) is 5. The van der Waals surface area contributed by atoms with Crippen LogP contribution in [0.2, 0.25) is 0 Å². The summed E-state index contributed by atoms with van der Waals surface area (Å²) in [4.78, 5) is 31.7. The molecular weight excluding hydrogens is 387 g/mol. The van der Waals surface area contributed by atoms with Crippen LogP contribution in [0.15, 0.2) is 75.9 Å². The zero-order chi connectivity index (χ0) is 21.1. The summed E-state index contributed by atoms with van der Waals surface area (Å²) < 4.78 is 24.3. The molecule has 0 saturated carbocycles. The highest BCUT2D eigenvalue weighted by atomic mass is 19.1. The number of nitrogens with zero attached hydrogens (tertiary/aromatic N) is 1. The molecule has 2 heterocycles. The largest absolute Gasteiger partial charge is 0.462 e. The van der Waals surface area contributed by atoms with Gasteiger partial charge in [0.15, 0.2) is 5.76 Å². The summed E-state index contributed by atoms with van der Waals surface area (Å²) in [6.07, 6.45) is 0.